The van der Waals surface area contributed by atoms with Crippen LogP contribution >= 0.6 is 22.6 Å². The first kappa shape index (κ1) is 15.0. The van der Waals surface area contributed by atoms with Gasteiger partial charge >= 0.3 is 0 Å². The van der Waals surface area contributed by atoms with Crippen LogP contribution in [0.1, 0.15) is 0 Å². The number of halogens is 1. The van der Waals surface area contributed by atoms with Gasteiger partial charge in [0.15, 0.2) is 0 Å². The molecule has 2 rings (SSSR count). The fraction of sp³-hybridized carbons (Fsp3) is 0.417. The quantitative estimate of drug-likeness (QED) is 0.475. The summed E-state index contributed by atoms with van der Waals surface area (Å²) < 4.78 is 5.88. The van der Waals surface area contributed by atoms with Crippen molar-refractivity contribution >= 4 is 39.9 Å². The molecule has 1 amide bonds. The molecule has 0 radical (unpaired) electrons. The van der Waals surface area contributed by atoms with Crippen molar-refractivity contribution in [3.05, 3.63) is 31.9 Å². The predicted molar refractivity (Wildman–Crippen MR) is 81.8 cm³/mol. The minimum atomic E-state index is -0.416. The maximum atomic E-state index is 11.9. The minimum Gasteiger partial charge on any atom is -0.377 e. The van der Waals surface area contributed by atoms with Crippen molar-refractivity contribution in [2.45, 2.75) is 6.04 Å². The number of nitro benzene ring substituents is 1. The second-order valence-corrected chi connectivity index (χ2v) is 5.45. The van der Waals surface area contributed by atoms with Crippen LogP contribution in [0.25, 0.3) is 0 Å². The molecule has 0 bridgehead atoms. The Kier molecular flexibility index (Phi) is 4.76. The van der Waals surface area contributed by atoms with Gasteiger partial charge in [-0.15, -0.1) is 0 Å². The molecular weight excluding hydrogens is 377 g/mol. The summed E-state index contributed by atoms with van der Waals surface area (Å²) in [5.74, 6) is -0.127. The molecule has 1 fully saturated rings. The number of hydrogen-bond acceptors (Lipinski definition) is 5. The molecule has 1 aliphatic heterocycles. The number of morpholine rings is 1. The fourth-order valence-electron chi connectivity index (χ4n) is 2.12. The maximum absolute atomic E-state index is 11.9. The number of anilines is 1. The number of likely N-dealkylation sites (N-methyl/N-ethyl adjacent to an activating group) is 1. The average molecular weight is 391 g/mol. The first-order valence-corrected chi connectivity index (χ1v) is 7.12. The van der Waals surface area contributed by atoms with Gasteiger partial charge in [-0.2, -0.15) is 0 Å². The lowest BCUT2D eigenvalue weighted by molar-refractivity contribution is -0.385. The summed E-state index contributed by atoms with van der Waals surface area (Å²) in [7, 11) is 1.58. The van der Waals surface area contributed by atoms with Crippen molar-refractivity contribution in [2.75, 3.05) is 31.7 Å². The molecule has 0 aromatic heterocycles. The summed E-state index contributed by atoms with van der Waals surface area (Å²) in [5.41, 5.74) is 0.857. The summed E-state index contributed by atoms with van der Waals surface area (Å²) in [6, 6.07) is 4.45. The second-order valence-electron chi connectivity index (χ2n) is 4.29. The summed E-state index contributed by atoms with van der Waals surface area (Å²) in [4.78, 5) is 24.2. The lowest BCUT2D eigenvalue weighted by atomic mass is 10.1. The Morgan fingerprint density at radius 3 is 2.95 bits per heavy atom. The molecule has 1 aromatic carbocycles. The number of nitro groups is 1. The molecule has 0 aliphatic carbocycles. The first-order valence-electron chi connectivity index (χ1n) is 6.04. The van der Waals surface area contributed by atoms with Gasteiger partial charge in [0.2, 0.25) is 5.91 Å². The van der Waals surface area contributed by atoms with Crippen LogP contribution in [0.5, 0.6) is 0 Å². The molecule has 1 N–H and O–H groups in total. The van der Waals surface area contributed by atoms with Crippen LogP contribution in [0, 0.1) is 13.7 Å². The lowest BCUT2D eigenvalue weighted by Gasteiger charge is -2.36. The number of nitrogens with one attached hydrogen (secondary N) is 1. The van der Waals surface area contributed by atoms with E-state index in [2.05, 4.69) is 5.32 Å². The molecule has 7 nitrogen and oxygen atoms in total. The van der Waals surface area contributed by atoms with E-state index < -0.39 is 11.0 Å². The van der Waals surface area contributed by atoms with Crippen LogP contribution in [-0.2, 0) is 9.53 Å². The van der Waals surface area contributed by atoms with Crippen molar-refractivity contribution in [1.82, 2.24) is 5.32 Å². The Balaban J connectivity index is 2.31. The largest absolute Gasteiger partial charge is 0.377 e. The van der Waals surface area contributed by atoms with Gasteiger partial charge in [0, 0.05) is 25.3 Å². The summed E-state index contributed by atoms with van der Waals surface area (Å²) in [6.45, 7) is 1.42. The zero-order chi connectivity index (χ0) is 14.7. The van der Waals surface area contributed by atoms with Crippen molar-refractivity contribution in [1.29, 1.82) is 0 Å². The molecular formula is C12H14IN3O4. The SMILES string of the molecule is CNC(=O)C1COCCN1c1ccc([N+](=O)[O-])c(I)c1. The Morgan fingerprint density at radius 2 is 2.35 bits per heavy atom. The Hall–Kier alpha value is -1.42. The number of amides is 1. The van der Waals surface area contributed by atoms with Gasteiger partial charge in [0.05, 0.1) is 21.7 Å². The van der Waals surface area contributed by atoms with Crippen molar-refractivity contribution in [3.8, 4) is 0 Å². The van der Waals surface area contributed by atoms with Gasteiger partial charge in [0.1, 0.15) is 6.04 Å². The van der Waals surface area contributed by atoms with E-state index in [4.69, 9.17) is 4.74 Å². The van der Waals surface area contributed by atoms with E-state index in [0.29, 0.717) is 23.3 Å². The molecule has 0 spiro atoms. The van der Waals surface area contributed by atoms with E-state index in [1.807, 2.05) is 27.5 Å². The summed E-state index contributed by atoms with van der Waals surface area (Å²) in [6.07, 6.45) is 0. The number of benzene rings is 1. The third-order valence-electron chi connectivity index (χ3n) is 3.14. The first-order chi connectivity index (χ1) is 9.54. The third kappa shape index (κ3) is 3.01. The van der Waals surface area contributed by atoms with Gasteiger partial charge in [-0.1, -0.05) is 0 Å². The summed E-state index contributed by atoms with van der Waals surface area (Å²) >= 11 is 1.93. The number of rotatable bonds is 3. The van der Waals surface area contributed by atoms with Gasteiger partial charge < -0.3 is 15.0 Å². The maximum Gasteiger partial charge on any atom is 0.282 e. The number of carbonyl (C=O) groups excluding carboxylic acids is 1. The van der Waals surface area contributed by atoms with Crippen molar-refractivity contribution < 1.29 is 14.5 Å². The highest BCUT2D eigenvalue weighted by Crippen LogP contribution is 2.28. The zero-order valence-corrected chi connectivity index (χ0v) is 13.0. The highest BCUT2D eigenvalue weighted by molar-refractivity contribution is 14.1. The van der Waals surface area contributed by atoms with Crippen LogP contribution in [0.4, 0.5) is 11.4 Å². The molecule has 1 saturated heterocycles. The number of hydrogen-bond donors (Lipinski definition) is 1. The molecule has 0 saturated carbocycles. The predicted octanol–water partition coefficient (Wildman–Crippen LogP) is 1.15. The molecule has 8 heteroatoms. The van der Waals surface area contributed by atoms with Crippen LogP contribution < -0.4 is 10.2 Å². The number of nitrogens with zero attached hydrogens (tertiary/aromatic N) is 2. The van der Waals surface area contributed by atoms with Gasteiger partial charge in [0.25, 0.3) is 5.69 Å². The van der Waals surface area contributed by atoms with Crippen LogP contribution in [-0.4, -0.2) is 43.7 Å². The van der Waals surface area contributed by atoms with Gasteiger partial charge in [-0.3, -0.25) is 14.9 Å². The van der Waals surface area contributed by atoms with Crippen LogP contribution in [0.2, 0.25) is 0 Å². The van der Waals surface area contributed by atoms with Gasteiger partial charge in [-0.25, -0.2) is 0 Å². The topological polar surface area (TPSA) is 84.7 Å². The monoisotopic (exact) mass is 391 g/mol. The normalized spacial score (nSPS) is 18.7. The molecule has 1 atom stereocenters. The molecule has 1 aromatic rings. The average Bonchev–Trinajstić information content (AvgIpc) is 2.46. The Morgan fingerprint density at radius 1 is 1.60 bits per heavy atom. The van der Waals surface area contributed by atoms with Crippen LogP contribution in [0.3, 0.4) is 0 Å². The molecule has 1 unspecified atom stereocenters. The van der Waals surface area contributed by atoms with E-state index in [1.54, 1.807) is 19.2 Å². The lowest BCUT2D eigenvalue weighted by Crippen LogP contribution is -2.53. The van der Waals surface area contributed by atoms with E-state index >= 15 is 0 Å². The van der Waals surface area contributed by atoms with E-state index in [-0.39, 0.29) is 11.6 Å². The Bertz CT molecular complexity index is 537. The van der Waals surface area contributed by atoms with E-state index in [0.717, 1.165) is 5.69 Å². The van der Waals surface area contributed by atoms with Crippen LogP contribution in [0.15, 0.2) is 18.2 Å². The second kappa shape index (κ2) is 6.35. The number of ether oxygens (including phenoxy) is 1. The Labute approximate surface area is 129 Å². The molecule has 1 aliphatic rings. The standard InChI is InChI=1S/C12H14IN3O4/c1-14-12(17)11-7-20-5-4-15(11)8-2-3-10(16(18)19)9(13)6-8/h2-3,6,11H,4-5,7H2,1H3,(H,14,17). The van der Waals surface area contributed by atoms with E-state index in [9.17, 15) is 14.9 Å². The van der Waals surface area contributed by atoms with Gasteiger partial charge in [-0.05, 0) is 34.7 Å². The van der Waals surface area contributed by atoms with Crippen molar-refractivity contribution in [2.24, 2.45) is 0 Å². The van der Waals surface area contributed by atoms with E-state index in [1.165, 1.54) is 6.07 Å². The zero-order valence-electron chi connectivity index (χ0n) is 10.8. The highest BCUT2D eigenvalue weighted by atomic mass is 127. The third-order valence-corrected chi connectivity index (χ3v) is 4.00. The highest BCUT2D eigenvalue weighted by Gasteiger charge is 2.29. The molecule has 1 heterocycles. The molecule has 20 heavy (non-hydrogen) atoms. The summed E-state index contributed by atoms with van der Waals surface area (Å²) in [5, 5.41) is 13.4. The minimum absolute atomic E-state index is 0.0686. The molecule has 108 valence electrons. The fourth-order valence-corrected chi connectivity index (χ4v) is 2.81. The smallest absolute Gasteiger partial charge is 0.282 e. The van der Waals surface area contributed by atoms with Crippen molar-refractivity contribution in [3.63, 3.8) is 0 Å². The number of carbonyl (C=O) groups is 1.